The maximum absolute atomic E-state index is 12.0. The summed E-state index contributed by atoms with van der Waals surface area (Å²) in [6.45, 7) is 4.33. The molecule has 1 aromatic carbocycles. The molecule has 7 nitrogen and oxygen atoms in total. The summed E-state index contributed by atoms with van der Waals surface area (Å²) in [5.41, 5.74) is 1.89. The molecule has 1 heterocycles. The lowest BCUT2D eigenvalue weighted by Crippen LogP contribution is -2.05. The molecule has 0 aliphatic heterocycles. The standard InChI is InChI=1S/C16H19N3O4/c1-4-22-10-17-14-13(11-6-8-12(21-3)9-7-11)18-19-15(14)16(20)23-5-2/h6-10H,4-5H2,1-3H3,(H,18,19)/b17-10+. The molecule has 23 heavy (non-hydrogen) atoms. The molecule has 0 bridgehead atoms. The Bertz CT molecular complexity index is 677. The van der Waals surface area contributed by atoms with Crippen molar-refractivity contribution in [3.05, 3.63) is 30.0 Å². The number of nitrogens with zero attached hydrogens (tertiary/aromatic N) is 2. The van der Waals surface area contributed by atoms with Gasteiger partial charge in [-0.2, -0.15) is 5.10 Å². The van der Waals surface area contributed by atoms with Crippen LogP contribution in [0.3, 0.4) is 0 Å². The number of ether oxygens (including phenoxy) is 3. The van der Waals surface area contributed by atoms with Gasteiger partial charge in [0.25, 0.3) is 0 Å². The van der Waals surface area contributed by atoms with Crippen molar-refractivity contribution in [3.63, 3.8) is 0 Å². The summed E-state index contributed by atoms with van der Waals surface area (Å²) < 4.78 is 15.3. The Kier molecular flexibility index (Phi) is 5.74. The molecule has 0 saturated heterocycles. The maximum Gasteiger partial charge on any atom is 0.358 e. The zero-order valence-electron chi connectivity index (χ0n) is 13.3. The molecule has 0 amide bonds. The van der Waals surface area contributed by atoms with E-state index in [1.165, 1.54) is 6.40 Å². The second kappa shape index (κ2) is 7.98. The van der Waals surface area contributed by atoms with Crippen LogP contribution in [-0.2, 0) is 9.47 Å². The number of esters is 1. The molecule has 0 spiro atoms. The molecule has 0 aliphatic rings. The lowest BCUT2D eigenvalue weighted by Gasteiger charge is -2.03. The summed E-state index contributed by atoms with van der Waals surface area (Å²) in [7, 11) is 1.60. The Labute approximate surface area is 134 Å². The van der Waals surface area contributed by atoms with Crippen LogP contribution in [0.25, 0.3) is 11.3 Å². The van der Waals surface area contributed by atoms with Crippen LogP contribution >= 0.6 is 0 Å². The second-order valence-electron chi connectivity index (χ2n) is 4.43. The molecule has 7 heteroatoms. The fourth-order valence-electron chi connectivity index (χ4n) is 1.92. The smallest absolute Gasteiger partial charge is 0.358 e. The van der Waals surface area contributed by atoms with Crippen molar-refractivity contribution in [3.8, 4) is 17.0 Å². The van der Waals surface area contributed by atoms with Crippen LogP contribution in [0.4, 0.5) is 5.69 Å². The molecule has 2 aromatic rings. The average molecular weight is 317 g/mol. The van der Waals surface area contributed by atoms with Gasteiger partial charge >= 0.3 is 5.97 Å². The molecule has 0 aliphatic carbocycles. The molecule has 0 saturated carbocycles. The minimum Gasteiger partial charge on any atom is -0.497 e. The molecule has 0 fully saturated rings. The number of rotatable bonds is 7. The van der Waals surface area contributed by atoms with E-state index in [1.54, 1.807) is 14.0 Å². The van der Waals surface area contributed by atoms with Crippen LogP contribution in [0.1, 0.15) is 24.3 Å². The molecule has 0 radical (unpaired) electrons. The van der Waals surface area contributed by atoms with E-state index in [1.807, 2.05) is 31.2 Å². The number of carbonyl (C=O) groups is 1. The minimum absolute atomic E-state index is 0.189. The van der Waals surface area contributed by atoms with Gasteiger partial charge in [-0.3, -0.25) is 5.10 Å². The number of nitrogens with one attached hydrogen (secondary N) is 1. The van der Waals surface area contributed by atoms with Crippen molar-refractivity contribution >= 4 is 18.1 Å². The summed E-state index contributed by atoms with van der Waals surface area (Å²) in [5, 5.41) is 6.88. The molecule has 0 atom stereocenters. The van der Waals surface area contributed by atoms with Gasteiger partial charge in [0.15, 0.2) is 12.1 Å². The molecule has 122 valence electrons. The lowest BCUT2D eigenvalue weighted by atomic mass is 10.1. The zero-order valence-corrected chi connectivity index (χ0v) is 13.3. The largest absolute Gasteiger partial charge is 0.497 e. The van der Waals surface area contributed by atoms with Gasteiger partial charge in [-0.1, -0.05) is 0 Å². The highest BCUT2D eigenvalue weighted by atomic mass is 16.5. The first-order valence-corrected chi connectivity index (χ1v) is 7.25. The summed E-state index contributed by atoms with van der Waals surface area (Å²) in [4.78, 5) is 16.2. The van der Waals surface area contributed by atoms with Crippen molar-refractivity contribution in [1.29, 1.82) is 0 Å². The third-order valence-electron chi connectivity index (χ3n) is 3.01. The molecule has 2 rings (SSSR count). The number of methoxy groups -OCH3 is 1. The van der Waals surface area contributed by atoms with Crippen molar-refractivity contribution in [2.24, 2.45) is 4.99 Å². The minimum atomic E-state index is -0.511. The maximum atomic E-state index is 12.0. The number of hydrogen-bond donors (Lipinski definition) is 1. The third-order valence-corrected chi connectivity index (χ3v) is 3.01. The van der Waals surface area contributed by atoms with Crippen molar-refractivity contribution in [1.82, 2.24) is 10.2 Å². The van der Waals surface area contributed by atoms with E-state index in [9.17, 15) is 4.79 Å². The molecular formula is C16H19N3O4. The fraction of sp³-hybridized carbons (Fsp3) is 0.312. The van der Waals surface area contributed by atoms with Crippen LogP contribution in [0.5, 0.6) is 5.75 Å². The van der Waals surface area contributed by atoms with Gasteiger partial charge in [-0.15, -0.1) is 0 Å². The number of H-pyrrole nitrogens is 1. The van der Waals surface area contributed by atoms with E-state index in [4.69, 9.17) is 14.2 Å². The average Bonchev–Trinajstić information content (AvgIpc) is 2.99. The van der Waals surface area contributed by atoms with Gasteiger partial charge in [-0.05, 0) is 38.1 Å². The number of hydrogen-bond acceptors (Lipinski definition) is 6. The van der Waals surface area contributed by atoms with E-state index < -0.39 is 5.97 Å². The summed E-state index contributed by atoms with van der Waals surface area (Å²) in [5.74, 6) is 0.220. The van der Waals surface area contributed by atoms with Crippen molar-refractivity contribution in [2.45, 2.75) is 13.8 Å². The van der Waals surface area contributed by atoms with Gasteiger partial charge in [0.2, 0.25) is 0 Å². The lowest BCUT2D eigenvalue weighted by molar-refractivity contribution is 0.0520. The van der Waals surface area contributed by atoms with Crippen molar-refractivity contribution in [2.75, 3.05) is 20.3 Å². The second-order valence-corrected chi connectivity index (χ2v) is 4.43. The molecular weight excluding hydrogens is 298 g/mol. The molecule has 1 aromatic heterocycles. The Balaban J connectivity index is 2.42. The number of aliphatic imine (C=N–C) groups is 1. The highest BCUT2D eigenvalue weighted by Crippen LogP contribution is 2.32. The Morgan fingerprint density at radius 1 is 1.26 bits per heavy atom. The fourth-order valence-corrected chi connectivity index (χ4v) is 1.92. The normalized spacial score (nSPS) is 10.7. The molecule has 1 N–H and O–H groups in total. The van der Waals surface area contributed by atoms with Gasteiger partial charge < -0.3 is 14.2 Å². The predicted molar refractivity (Wildman–Crippen MR) is 86.3 cm³/mol. The van der Waals surface area contributed by atoms with Crippen LogP contribution in [0.2, 0.25) is 0 Å². The zero-order chi connectivity index (χ0) is 16.7. The number of carbonyl (C=O) groups excluding carboxylic acids is 1. The van der Waals surface area contributed by atoms with Crippen LogP contribution in [0, 0.1) is 0 Å². The van der Waals surface area contributed by atoms with E-state index >= 15 is 0 Å². The van der Waals surface area contributed by atoms with Crippen LogP contribution in [-0.4, -0.2) is 42.9 Å². The Hall–Kier alpha value is -2.83. The van der Waals surface area contributed by atoms with Crippen LogP contribution in [0.15, 0.2) is 29.3 Å². The van der Waals surface area contributed by atoms with E-state index in [2.05, 4.69) is 15.2 Å². The monoisotopic (exact) mass is 317 g/mol. The van der Waals surface area contributed by atoms with E-state index in [-0.39, 0.29) is 12.3 Å². The Morgan fingerprint density at radius 3 is 2.61 bits per heavy atom. The molecule has 0 unspecified atom stereocenters. The van der Waals surface area contributed by atoms with Crippen molar-refractivity contribution < 1.29 is 19.0 Å². The van der Waals surface area contributed by atoms with Gasteiger partial charge in [0.05, 0.1) is 20.3 Å². The summed E-state index contributed by atoms with van der Waals surface area (Å²) in [6.07, 6.45) is 1.29. The van der Waals surface area contributed by atoms with E-state index in [0.717, 1.165) is 11.3 Å². The van der Waals surface area contributed by atoms with E-state index in [0.29, 0.717) is 18.0 Å². The first-order valence-electron chi connectivity index (χ1n) is 7.25. The number of aromatic nitrogens is 2. The number of aromatic amines is 1. The predicted octanol–water partition coefficient (Wildman–Crippen LogP) is 2.96. The quantitative estimate of drug-likeness (QED) is 0.482. The SMILES string of the molecule is CCO/C=N/c1c(-c2ccc(OC)cc2)n[nH]c1C(=O)OCC. The summed E-state index contributed by atoms with van der Waals surface area (Å²) >= 11 is 0. The highest BCUT2D eigenvalue weighted by Gasteiger charge is 2.21. The number of benzene rings is 1. The topological polar surface area (TPSA) is 85.8 Å². The third kappa shape index (κ3) is 3.88. The van der Waals surface area contributed by atoms with Gasteiger partial charge in [0, 0.05) is 5.56 Å². The highest BCUT2D eigenvalue weighted by molar-refractivity contribution is 5.97. The Morgan fingerprint density at radius 2 is 2.00 bits per heavy atom. The summed E-state index contributed by atoms with van der Waals surface area (Å²) in [6, 6.07) is 7.29. The van der Waals surface area contributed by atoms with Gasteiger partial charge in [0.1, 0.15) is 17.1 Å². The van der Waals surface area contributed by atoms with Crippen LogP contribution < -0.4 is 4.74 Å². The first kappa shape index (κ1) is 16.5. The first-order chi connectivity index (χ1) is 11.2. The van der Waals surface area contributed by atoms with Gasteiger partial charge in [-0.25, -0.2) is 9.79 Å².